The fourth-order valence-corrected chi connectivity index (χ4v) is 4.21. The molecular weight excluding hydrogens is 492 g/mol. The van der Waals surface area contributed by atoms with Crippen molar-refractivity contribution < 1.29 is 39.1 Å². The van der Waals surface area contributed by atoms with Gasteiger partial charge < -0.3 is 40.6 Å². The molecule has 1 aromatic rings. The quantitative estimate of drug-likeness (QED) is 0.221. The molecule has 0 aromatic heterocycles. The minimum absolute atomic E-state index is 0.00584. The van der Waals surface area contributed by atoms with Crippen molar-refractivity contribution in [3.05, 3.63) is 52.7 Å². The van der Waals surface area contributed by atoms with E-state index in [9.17, 15) is 24.9 Å². The van der Waals surface area contributed by atoms with Crippen molar-refractivity contribution in [3.63, 3.8) is 0 Å². The predicted octanol–water partition coefficient (Wildman–Crippen LogP) is 4.17. The Labute approximate surface area is 223 Å². The molecule has 10 nitrogen and oxygen atoms in total. The first kappa shape index (κ1) is 30.5. The van der Waals surface area contributed by atoms with Crippen molar-refractivity contribution in [2.75, 3.05) is 19.5 Å². The molecule has 0 saturated heterocycles. The van der Waals surface area contributed by atoms with Crippen LogP contribution in [0.1, 0.15) is 46.1 Å². The van der Waals surface area contributed by atoms with E-state index in [0.717, 1.165) is 0 Å². The van der Waals surface area contributed by atoms with E-state index in [1.807, 2.05) is 6.92 Å². The van der Waals surface area contributed by atoms with Gasteiger partial charge in [0, 0.05) is 31.1 Å². The standard InChI is InChI=1S/C28H38N2O8/c1-15-11-19-25(33)20(14-21(31)26(19)37-6)30-27(34)16(2)9-7-8-10-22(38-28(29)35)17(3)13-18(4)24(32)23(12-15)36-5/h7-9,11,13-14,18,22-24,31-33H,10,12H2,1-6H3,(H2,29,35)(H,30,34)/b8-7?,15-11-,16-9+,17-13?. The largest absolute Gasteiger partial charge is 0.505 e. The topological polar surface area (TPSA) is 161 Å². The summed E-state index contributed by atoms with van der Waals surface area (Å²) in [5, 5.41) is 35.1. The van der Waals surface area contributed by atoms with Gasteiger partial charge in [-0.2, -0.15) is 0 Å². The highest BCUT2D eigenvalue weighted by Crippen LogP contribution is 2.43. The fraction of sp³-hybridized carbons (Fsp3) is 0.429. The van der Waals surface area contributed by atoms with Crippen LogP contribution in [0.4, 0.5) is 10.5 Å². The normalized spacial score (nSPS) is 26.3. The van der Waals surface area contributed by atoms with Crippen molar-refractivity contribution in [3.8, 4) is 17.2 Å². The molecule has 0 fully saturated rings. The van der Waals surface area contributed by atoms with Gasteiger partial charge in [-0.3, -0.25) is 4.79 Å². The number of carbonyl (C=O) groups excluding carboxylic acids is 2. The number of aliphatic hydroxyl groups is 1. The number of benzene rings is 1. The second-order valence-corrected chi connectivity index (χ2v) is 9.36. The van der Waals surface area contributed by atoms with Gasteiger partial charge in [-0.05, 0) is 38.8 Å². The number of allylic oxidation sites excluding steroid dienone is 2. The number of rotatable bonds is 3. The van der Waals surface area contributed by atoms with Crippen molar-refractivity contribution in [2.45, 2.75) is 58.8 Å². The Morgan fingerprint density at radius 3 is 2.47 bits per heavy atom. The minimum atomic E-state index is -0.926. The minimum Gasteiger partial charge on any atom is -0.505 e. The number of fused-ring (bicyclic) bond motifs is 2. The number of phenols is 2. The Kier molecular flexibility index (Phi) is 11.0. The lowest BCUT2D eigenvalue weighted by molar-refractivity contribution is -0.112. The second-order valence-electron chi connectivity index (χ2n) is 9.36. The van der Waals surface area contributed by atoms with E-state index in [0.29, 0.717) is 16.7 Å². The monoisotopic (exact) mass is 530 g/mol. The molecule has 0 radical (unpaired) electrons. The number of hydrogen-bond donors (Lipinski definition) is 5. The van der Waals surface area contributed by atoms with Crippen molar-refractivity contribution >= 4 is 23.8 Å². The van der Waals surface area contributed by atoms with Gasteiger partial charge in [-0.15, -0.1) is 0 Å². The highest BCUT2D eigenvalue weighted by molar-refractivity contribution is 6.05. The lowest BCUT2D eigenvalue weighted by Crippen LogP contribution is -2.34. The van der Waals surface area contributed by atoms with Crippen LogP contribution < -0.4 is 15.8 Å². The number of aromatic hydroxyl groups is 2. The number of amides is 2. The molecule has 1 aromatic carbocycles. The van der Waals surface area contributed by atoms with Crippen LogP contribution in [-0.4, -0.2) is 59.9 Å². The zero-order chi connectivity index (χ0) is 28.6. The summed E-state index contributed by atoms with van der Waals surface area (Å²) in [7, 11) is 2.84. The summed E-state index contributed by atoms with van der Waals surface area (Å²) in [6.07, 6.45) is 5.73. The summed E-state index contributed by atoms with van der Waals surface area (Å²) in [5.74, 6) is -1.41. The Bertz CT molecular complexity index is 1150. The molecule has 2 rings (SSSR count). The average Bonchev–Trinajstić information content (AvgIpc) is 2.85. The Morgan fingerprint density at radius 2 is 1.87 bits per heavy atom. The van der Waals surface area contributed by atoms with Gasteiger partial charge in [0.25, 0.3) is 5.91 Å². The summed E-state index contributed by atoms with van der Waals surface area (Å²) in [5.41, 5.74) is 7.14. The van der Waals surface area contributed by atoms with Crippen LogP contribution in [-0.2, 0) is 14.3 Å². The molecule has 208 valence electrons. The van der Waals surface area contributed by atoms with Gasteiger partial charge in [0.2, 0.25) is 0 Å². The molecule has 1 aliphatic rings. The maximum absolute atomic E-state index is 12.8. The number of primary amides is 1. The average molecular weight is 531 g/mol. The third kappa shape index (κ3) is 7.87. The van der Waals surface area contributed by atoms with Gasteiger partial charge in [0.15, 0.2) is 11.5 Å². The van der Waals surface area contributed by atoms with Crippen LogP contribution in [0.25, 0.3) is 6.08 Å². The zero-order valence-corrected chi connectivity index (χ0v) is 22.6. The van der Waals surface area contributed by atoms with E-state index in [4.69, 9.17) is 19.9 Å². The molecule has 2 amide bonds. The number of ether oxygens (including phenoxy) is 3. The fourth-order valence-electron chi connectivity index (χ4n) is 4.21. The number of aliphatic hydroxyl groups excluding tert-OH is 1. The molecule has 1 heterocycles. The van der Waals surface area contributed by atoms with E-state index >= 15 is 0 Å². The number of nitrogens with one attached hydrogen (secondary N) is 1. The van der Waals surface area contributed by atoms with Crippen LogP contribution in [0.2, 0.25) is 0 Å². The number of nitrogens with two attached hydrogens (primary N) is 1. The smallest absolute Gasteiger partial charge is 0.405 e. The summed E-state index contributed by atoms with van der Waals surface area (Å²) >= 11 is 0. The second kappa shape index (κ2) is 13.7. The van der Waals surface area contributed by atoms with Crippen molar-refractivity contribution in [2.24, 2.45) is 11.7 Å². The summed E-state index contributed by atoms with van der Waals surface area (Å²) in [6.45, 7) is 6.97. The Balaban J connectivity index is 2.64. The van der Waals surface area contributed by atoms with Crippen molar-refractivity contribution in [1.82, 2.24) is 0 Å². The maximum atomic E-state index is 12.8. The first-order valence-corrected chi connectivity index (χ1v) is 12.2. The molecule has 4 unspecified atom stereocenters. The SMILES string of the molecule is COc1c(O)cc2c(O)c1/C=C(/C)CC(OC)C(O)C(C)C=C(C)C(OC(N)=O)CC=C/C=C(\C)C(=O)N2. The summed E-state index contributed by atoms with van der Waals surface area (Å²) < 4.78 is 16.1. The van der Waals surface area contributed by atoms with Crippen LogP contribution in [0.15, 0.2) is 47.1 Å². The summed E-state index contributed by atoms with van der Waals surface area (Å²) in [4.78, 5) is 24.2. The lowest BCUT2D eigenvalue weighted by Gasteiger charge is -2.27. The zero-order valence-electron chi connectivity index (χ0n) is 22.6. The van der Waals surface area contributed by atoms with Crippen LogP contribution >= 0.6 is 0 Å². The summed E-state index contributed by atoms with van der Waals surface area (Å²) in [6, 6.07) is 1.20. The highest BCUT2D eigenvalue weighted by Gasteiger charge is 2.26. The number of carbonyl (C=O) groups is 2. The molecule has 10 heteroatoms. The molecule has 0 aliphatic carbocycles. The first-order valence-electron chi connectivity index (χ1n) is 12.2. The van der Waals surface area contributed by atoms with Gasteiger partial charge in [0.05, 0.1) is 30.6 Å². The number of anilines is 1. The van der Waals surface area contributed by atoms with Crippen LogP contribution in [0, 0.1) is 5.92 Å². The van der Waals surface area contributed by atoms with E-state index in [2.05, 4.69) is 5.32 Å². The predicted molar refractivity (Wildman–Crippen MR) is 145 cm³/mol. The third-order valence-corrected chi connectivity index (χ3v) is 6.34. The van der Waals surface area contributed by atoms with E-state index in [-0.39, 0.29) is 47.3 Å². The van der Waals surface area contributed by atoms with Gasteiger partial charge in [-0.25, -0.2) is 4.79 Å². The first-order chi connectivity index (χ1) is 17.9. The van der Waals surface area contributed by atoms with Gasteiger partial charge >= 0.3 is 6.09 Å². The number of phenolic OH excluding ortho intramolecular Hbond substituents is 2. The Hall–Kier alpha value is -3.76. The Morgan fingerprint density at radius 1 is 1.18 bits per heavy atom. The number of methoxy groups -OCH3 is 2. The van der Waals surface area contributed by atoms with Gasteiger partial charge in [-0.1, -0.05) is 36.8 Å². The molecule has 6 N–H and O–H groups in total. The van der Waals surface area contributed by atoms with Gasteiger partial charge in [0.1, 0.15) is 11.9 Å². The van der Waals surface area contributed by atoms with E-state index in [1.54, 1.807) is 51.2 Å². The third-order valence-electron chi connectivity index (χ3n) is 6.34. The molecule has 0 saturated carbocycles. The van der Waals surface area contributed by atoms with Crippen LogP contribution in [0.5, 0.6) is 17.2 Å². The molecule has 4 atom stereocenters. The van der Waals surface area contributed by atoms with Crippen LogP contribution in [0.3, 0.4) is 0 Å². The highest BCUT2D eigenvalue weighted by atomic mass is 16.6. The molecular formula is C28H38N2O8. The van der Waals surface area contributed by atoms with E-state index < -0.39 is 30.3 Å². The molecule has 2 bridgehead atoms. The van der Waals surface area contributed by atoms with E-state index in [1.165, 1.54) is 20.3 Å². The molecule has 0 spiro atoms. The molecule has 1 aliphatic heterocycles. The maximum Gasteiger partial charge on any atom is 0.405 e. The number of hydrogen-bond acceptors (Lipinski definition) is 8. The molecule has 38 heavy (non-hydrogen) atoms. The van der Waals surface area contributed by atoms with Crippen molar-refractivity contribution in [1.29, 1.82) is 0 Å². The lowest BCUT2D eigenvalue weighted by atomic mass is 9.91.